The number of carbonyl (C=O) groups excluding carboxylic acids is 1. The maximum absolute atomic E-state index is 12.7. The Balaban J connectivity index is 1.36. The maximum atomic E-state index is 12.7. The summed E-state index contributed by atoms with van der Waals surface area (Å²) in [6, 6.07) is 28.8. The van der Waals surface area contributed by atoms with Crippen molar-refractivity contribution >= 4 is 28.3 Å². The van der Waals surface area contributed by atoms with Crippen molar-refractivity contribution in [3.63, 3.8) is 0 Å². The molecule has 0 aliphatic carbocycles. The number of amides is 1. The highest BCUT2D eigenvalue weighted by Crippen LogP contribution is 2.25. The molecule has 0 atom stereocenters. The van der Waals surface area contributed by atoms with Gasteiger partial charge in [0.2, 0.25) is 0 Å². The fraction of sp³-hybridized carbons (Fsp3) is 0.115. The number of hydrogen-bond acceptors (Lipinski definition) is 3. The third-order valence-electron chi connectivity index (χ3n) is 4.82. The zero-order valence-electron chi connectivity index (χ0n) is 16.9. The van der Waals surface area contributed by atoms with Gasteiger partial charge >= 0.3 is 0 Å². The molecule has 0 aliphatic heterocycles. The summed E-state index contributed by atoms with van der Waals surface area (Å²) in [5.41, 5.74) is 1.42. The van der Waals surface area contributed by atoms with E-state index in [1.807, 2.05) is 72.8 Å². The zero-order valence-corrected chi connectivity index (χ0v) is 17.6. The minimum Gasteiger partial charge on any atom is -0.491 e. The number of carbonyl (C=O) groups is 1. The van der Waals surface area contributed by atoms with Gasteiger partial charge in [-0.1, -0.05) is 78.3 Å². The smallest absolute Gasteiger partial charge is 0.255 e. The van der Waals surface area contributed by atoms with Crippen molar-refractivity contribution in [2.24, 2.45) is 0 Å². The summed E-state index contributed by atoms with van der Waals surface area (Å²) in [6.07, 6.45) is 0. The van der Waals surface area contributed by atoms with Crippen LogP contribution in [0.3, 0.4) is 0 Å². The van der Waals surface area contributed by atoms with Crippen LogP contribution in [0.4, 0.5) is 0 Å². The Kier molecular flexibility index (Phi) is 6.70. The lowest BCUT2D eigenvalue weighted by molar-refractivity contribution is 0.0942. The van der Waals surface area contributed by atoms with E-state index in [0.717, 1.165) is 22.1 Å². The van der Waals surface area contributed by atoms with Crippen LogP contribution < -0.4 is 14.8 Å². The highest BCUT2D eigenvalue weighted by Gasteiger charge is 2.13. The van der Waals surface area contributed by atoms with E-state index in [1.54, 1.807) is 18.2 Å². The SMILES string of the molecule is O=C(NCCOc1cccc2ccccc12)c1cc(Cl)ccc1OCc1ccccc1. The Morgan fingerprint density at radius 1 is 0.806 bits per heavy atom. The van der Waals surface area contributed by atoms with Crippen molar-refractivity contribution in [3.8, 4) is 11.5 Å². The largest absolute Gasteiger partial charge is 0.491 e. The summed E-state index contributed by atoms with van der Waals surface area (Å²) in [7, 11) is 0. The van der Waals surface area contributed by atoms with Crippen LogP contribution in [-0.2, 0) is 6.61 Å². The Bertz CT molecular complexity index is 1170. The van der Waals surface area contributed by atoms with Crippen molar-refractivity contribution < 1.29 is 14.3 Å². The molecule has 4 rings (SSSR count). The van der Waals surface area contributed by atoms with Gasteiger partial charge in [-0.05, 0) is 35.2 Å². The number of halogens is 1. The summed E-state index contributed by atoms with van der Waals surface area (Å²) in [5, 5.41) is 5.51. The highest BCUT2D eigenvalue weighted by atomic mass is 35.5. The summed E-state index contributed by atoms with van der Waals surface area (Å²) in [6.45, 7) is 1.07. The molecule has 0 heterocycles. The van der Waals surface area contributed by atoms with Gasteiger partial charge in [-0.25, -0.2) is 0 Å². The predicted octanol–water partition coefficient (Wildman–Crippen LogP) is 5.88. The fourth-order valence-electron chi connectivity index (χ4n) is 3.28. The van der Waals surface area contributed by atoms with Crippen LogP contribution in [0.25, 0.3) is 10.8 Å². The van der Waals surface area contributed by atoms with E-state index in [-0.39, 0.29) is 5.91 Å². The molecule has 4 aromatic carbocycles. The molecule has 4 aromatic rings. The molecule has 0 aliphatic rings. The van der Waals surface area contributed by atoms with E-state index in [2.05, 4.69) is 5.32 Å². The first kappa shape index (κ1) is 20.8. The molecule has 0 saturated heterocycles. The van der Waals surface area contributed by atoms with Crippen molar-refractivity contribution in [2.45, 2.75) is 6.61 Å². The Morgan fingerprint density at radius 3 is 2.45 bits per heavy atom. The molecule has 0 spiro atoms. The maximum Gasteiger partial charge on any atom is 0.255 e. The zero-order chi connectivity index (χ0) is 21.5. The molecule has 0 aromatic heterocycles. The monoisotopic (exact) mass is 431 g/mol. The molecular weight excluding hydrogens is 410 g/mol. The summed E-state index contributed by atoms with van der Waals surface area (Å²) < 4.78 is 11.8. The molecule has 0 bridgehead atoms. The molecule has 156 valence electrons. The van der Waals surface area contributed by atoms with Gasteiger partial charge in [-0.3, -0.25) is 4.79 Å². The van der Waals surface area contributed by atoms with E-state index in [0.29, 0.717) is 36.1 Å². The lowest BCUT2D eigenvalue weighted by Gasteiger charge is -2.13. The Morgan fingerprint density at radius 2 is 1.58 bits per heavy atom. The number of benzene rings is 4. The van der Waals surface area contributed by atoms with Crippen LogP contribution in [0.15, 0.2) is 91.0 Å². The normalized spacial score (nSPS) is 10.6. The molecule has 0 saturated carbocycles. The number of nitrogens with one attached hydrogen (secondary N) is 1. The molecule has 1 N–H and O–H groups in total. The molecule has 31 heavy (non-hydrogen) atoms. The second-order valence-electron chi connectivity index (χ2n) is 7.00. The number of hydrogen-bond donors (Lipinski definition) is 1. The third kappa shape index (κ3) is 5.36. The van der Waals surface area contributed by atoms with Crippen LogP contribution in [-0.4, -0.2) is 19.1 Å². The van der Waals surface area contributed by atoms with Crippen molar-refractivity contribution in [3.05, 3.63) is 107 Å². The number of rotatable bonds is 8. The standard InChI is InChI=1S/C26H22ClNO3/c27-21-13-14-25(31-18-19-7-2-1-3-8-19)23(17-21)26(29)28-15-16-30-24-12-6-10-20-9-4-5-11-22(20)24/h1-14,17H,15-16,18H2,(H,28,29). The van der Waals surface area contributed by atoms with E-state index < -0.39 is 0 Å². The molecule has 1 amide bonds. The average Bonchev–Trinajstić information content (AvgIpc) is 2.81. The fourth-order valence-corrected chi connectivity index (χ4v) is 3.46. The van der Waals surface area contributed by atoms with Crippen molar-refractivity contribution in [1.29, 1.82) is 0 Å². The van der Waals surface area contributed by atoms with Crippen LogP contribution in [0.5, 0.6) is 11.5 Å². The number of ether oxygens (including phenoxy) is 2. The average molecular weight is 432 g/mol. The quantitative estimate of drug-likeness (QED) is 0.354. The summed E-state index contributed by atoms with van der Waals surface area (Å²) in [4.78, 5) is 12.7. The first-order chi connectivity index (χ1) is 15.2. The predicted molar refractivity (Wildman–Crippen MR) is 124 cm³/mol. The summed E-state index contributed by atoms with van der Waals surface area (Å²) in [5.74, 6) is 1.02. The van der Waals surface area contributed by atoms with Crippen molar-refractivity contribution in [1.82, 2.24) is 5.32 Å². The van der Waals surface area contributed by atoms with Gasteiger partial charge in [0.15, 0.2) is 0 Å². The molecule has 0 fully saturated rings. The van der Waals surface area contributed by atoms with Crippen LogP contribution in [0.1, 0.15) is 15.9 Å². The third-order valence-corrected chi connectivity index (χ3v) is 5.05. The molecular formula is C26H22ClNO3. The van der Waals surface area contributed by atoms with E-state index in [9.17, 15) is 4.79 Å². The van der Waals surface area contributed by atoms with E-state index in [1.165, 1.54) is 0 Å². The summed E-state index contributed by atoms with van der Waals surface area (Å²) >= 11 is 6.11. The second kappa shape index (κ2) is 10.0. The minimum atomic E-state index is -0.257. The van der Waals surface area contributed by atoms with Gasteiger partial charge in [0, 0.05) is 10.4 Å². The second-order valence-corrected chi connectivity index (χ2v) is 7.43. The van der Waals surface area contributed by atoms with Gasteiger partial charge in [-0.15, -0.1) is 0 Å². The number of fused-ring (bicyclic) bond motifs is 1. The van der Waals surface area contributed by atoms with Gasteiger partial charge in [0.25, 0.3) is 5.91 Å². The van der Waals surface area contributed by atoms with E-state index >= 15 is 0 Å². The molecule has 4 nitrogen and oxygen atoms in total. The Hall–Kier alpha value is -3.50. The van der Waals surface area contributed by atoms with Crippen molar-refractivity contribution in [2.75, 3.05) is 13.2 Å². The van der Waals surface area contributed by atoms with Gasteiger partial charge in [0.1, 0.15) is 24.7 Å². The minimum absolute atomic E-state index is 0.257. The van der Waals surface area contributed by atoms with Crippen LogP contribution in [0, 0.1) is 0 Å². The molecule has 0 unspecified atom stereocenters. The lowest BCUT2D eigenvalue weighted by Crippen LogP contribution is -2.28. The van der Waals surface area contributed by atoms with E-state index in [4.69, 9.17) is 21.1 Å². The first-order valence-electron chi connectivity index (χ1n) is 10.1. The Labute approximate surface area is 186 Å². The highest BCUT2D eigenvalue weighted by molar-refractivity contribution is 6.31. The van der Waals surface area contributed by atoms with Crippen LogP contribution >= 0.6 is 11.6 Å². The first-order valence-corrected chi connectivity index (χ1v) is 10.4. The molecule has 5 heteroatoms. The van der Waals surface area contributed by atoms with Gasteiger partial charge in [0.05, 0.1) is 12.1 Å². The molecule has 0 radical (unpaired) electrons. The topological polar surface area (TPSA) is 47.6 Å². The van der Waals surface area contributed by atoms with Crippen LogP contribution in [0.2, 0.25) is 5.02 Å². The lowest BCUT2D eigenvalue weighted by atomic mass is 10.1. The van der Waals surface area contributed by atoms with Gasteiger partial charge in [-0.2, -0.15) is 0 Å². The van der Waals surface area contributed by atoms with Gasteiger partial charge < -0.3 is 14.8 Å².